The zero-order chi connectivity index (χ0) is 14.7. The molecule has 1 heterocycles. The van der Waals surface area contributed by atoms with E-state index >= 15 is 0 Å². The average Bonchev–Trinajstić information content (AvgIpc) is 2.39. The van der Waals surface area contributed by atoms with Crippen LogP contribution in [0.25, 0.3) is 0 Å². The largest absolute Gasteiger partial charge is 0.365 e. The van der Waals surface area contributed by atoms with E-state index in [0.717, 1.165) is 16.8 Å². The highest BCUT2D eigenvalue weighted by Crippen LogP contribution is 2.18. The molecule has 0 bridgehead atoms. The number of rotatable bonds is 3. The van der Waals surface area contributed by atoms with Gasteiger partial charge in [0.05, 0.1) is 5.56 Å². The van der Waals surface area contributed by atoms with Crippen molar-refractivity contribution < 1.29 is 4.39 Å². The molecule has 0 amide bonds. The van der Waals surface area contributed by atoms with Crippen LogP contribution in [0, 0.1) is 37.9 Å². The Hall–Kier alpha value is -2.41. The zero-order valence-corrected chi connectivity index (χ0v) is 11.8. The number of nitriles is 1. The molecule has 0 radical (unpaired) electrons. The van der Waals surface area contributed by atoms with Gasteiger partial charge in [-0.1, -0.05) is 12.1 Å². The van der Waals surface area contributed by atoms with E-state index in [4.69, 9.17) is 0 Å². The van der Waals surface area contributed by atoms with Gasteiger partial charge in [-0.15, -0.1) is 0 Å². The van der Waals surface area contributed by atoms with Crippen LogP contribution >= 0.6 is 0 Å². The van der Waals surface area contributed by atoms with Crippen molar-refractivity contribution in [2.45, 2.75) is 27.3 Å². The predicted octanol–water partition coefficient (Wildman–Crippen LogP) is 3.63. The molecule has 2 rings (SSSR count). The second kappa shape index (κ2) is 5.70. The minimum Gasteiger partial charge on any atom is -0.365 e. The van der Waals surface area contributed by atoms with Gasteiger partial charge in [0.2, 0.25) is 0 Å². The summed E-state index contributed by atoms with van der Waals surface area (Å²) in [6.45, 7) is 5.92. The first kappa shape index (κ1) is 14.0. The number of anilines is 1. The van der Waals surface area contributed by atoms with Gasteiger partial charge in [-0.3, -0.25) is 0 Å². The summed E-state index contributed by atoms with van der Waals surface area (Å²) in [7, 11) is 0. The van der Waals surface area contributed by atoms with Gasteiger partial charge in [-0.2, -0.15) is 5.26 Å². The molecular formula is C16H16FN3. The maximum absolute atomic E-state index is 13.5. The number of halogens is 1. The highest BCUT2D eigenvalue weighted by Gasteiger charge is 2.08. The van der Waals surface area contributed by atoms with E-state index in [1.165, 1.54) is 6.07 Å². The molecule has 0 saturated carbocycles. The van der Waals surface area contributed by atoms with E-state index < -0.39 is 0 Å². The molecule has 0 fully saturated rings. The molecule has 0 spiro atoms. The lowest BCUT2D eigenvalue weighted by Crippen LogP contribution is -2.06. The summed E-state index contributed by atoms with van der Waals surface area (Å²) in [5.74, 6) is 0.323. The third kappa shape index (κ3) is 2.94. The van der Waals surface area contributed by atoms with Gasteiger partial charge in [0.1, 0.15) is 17.7 Å². The molecule has 102 valence electrons. The molecule has 0 atom stereocenters. The summed E-state index contributed by atoms with van der Waals surface area (Å²) in [4.78, 5) is 4.33. The first-order valence-electron chi connectivity index (χ1n) is 6.38. The number of aromatic nitrogens is 1. The normalized spacial score (nSPS) is 10.2. The van der Waals surface area contributed by atoms with Crippen LogP contribution in [0.3, 0.4) is 0 Å². The van der Waals surface area contributed by atoms with Gasteiger partial charge in [-0.05, 0) is 49.6 Å². The van der Waals surface area contributed by atoms with Gasteiger partial charge in [0, 0.05) is 12.2 Å². The van der Waals surface area contributed by atoms with Crippen LogP contribution in [0.5, 0.6) is 0 Å². The van der Waals surface area contributed by atoms with Crippen molar-refractivity contribution in [1.29, 1.82) is 5.26 Å². The molecule has 3 nitrogen and oxygen atoms in total. The number of benzene rings is 1. The van der Waals surface area contributed by atoms with E-state index in [1.54, 1.807) is 13.0 Å². The lowest BCUT2D eigenvalue weighted by atomic mass is 10.1. The topological polar surface area (TPSA) is 48.7 Å². The second-order valence-corrected chi connectivity index (χ2v) is 4.85. The second-order valence-electron chi connectivity index (χ2n) is 4.85. The molecule has 0 saturated heterocycles. The molecule has 0 unspecified atom stereocenters. The number of aryl methyl sites for hydroxylation is 3. The molecule has 0 aliphatic carbocycles. The zero-order valence-electron chi connectivity index (χ0n) is 11.8. The summed E-state index contributed by atoms with van der Waals surface area (Å²) in [5.41, 5.74) is 3.70. The van der Waals surface area contributed by atoms with E-state index in [1.807, 2.05) is 26.0 Å². The van der Waals surface area contributed by atoms with Crippen molar-refractivity contribution in [1.82, 2.24) is 4.98 Å². The van der Waals surface area contributed by atoms with Crippen LogP contribution in [-0.4, -0.2) is 4.98 Å². The van der Waals surface area contributed by atoms with Crippen molar-refractivity contribution >= 4 is 5.82 Å². The minimum atomic E-state index is -0.224. The van der Waals surface area contributed by atoms with E-state index in [0.29, 0.717) is 23.5 Å². The van der Waals surface area contributed by atoms with Gasteiger partial charge in [-0.25, -0.2) is 9.37 Å². The van der Waals surface area contributed by atoms with Gasteiger partial charge in [0.25, 0.3) is 0 Å². The van der Waals surface area contributed by atoms with E-state index in [-0.39, 0.29) is 5.82 Å². The third-order valence-electron chi connectivity index (χ3n) is 3.15. The van der Waals surface area contributed by atoms with Crippen molar-refractivity contribution in [3.63, 3.8) is 0 Å². The Labute approximate surface area is 118 Å². The molecule has 1 N–H and O–H groups in total. The lowest BCUT2D eigenvalue weighted by Gasteiger charge is -2.10. The fourth-order valence-corrected chi connectivity index (χ4v) is 2.04. The van der Waals surface area contributed by atoms with Crippen LogP contribution in [0.2, 0.25) is 0 Å². The summed E-state index contributed by atoms with van der Waals surface area (Å²) in [6.07, 6.45) is 0. The third-order valence-corrected chi connectivity index (χ3v) is 3.15. The maximum Gasteiger partial charge on any atom is 0.144 e. The smallest absolute Gasteiger partial charge is 0.144 e. The molecule has 0 aliphatic rings. The Bertz CT molecular complexity index is 687. The molecular weight excluding hydrogens is 253 g/mol. The Morgan fingerprint density at radius 3 is 2.60 bits per heavy atom. The Morgan fingerprint density at radius 1 is 1.20 bits per heavy atom. The first-order chi connectivity index (χ1) is 9.51. The summed E-state index contributed by atoms with van der Waals surface area (Å²) >= 11 is 0. The van der Waals surface area contributed by atoms with Crippen LogP contribution < -0.4 is 5.32 Å². The highest BCUT2D eigenvalue weighted by atomic mass is 19.1. The Balaban J connectivity index is 2.23. The number of pyridine rings is 1. The monoisotopic (exact) mass is 269 g/mol. The minimum absolute atomic E-state index is 0.224. The van der Waals surface area contributed by atoms with E-state index in [2.05, 4.69) is 16.4 Å². The standard InChI is InChI=1S/C16H16FN3/c1-10-4-5-13(7-15(10)17)9-19-16-14(8-18)11(2)6-12(3)20-16/h4-7H,9H2,1-3H3,(H,19,20). The molecule has 1 aromatic heterocycles. The van der Waals surface area contributed by atoms with Crippen molar-refractivity contribution in [3.05, 3.63) is 58.0 Å². The van der Waals surface area contributed by atoms with Crippen LogP contribution in [0.1, 0.15) is 27.9 Å². The maximum atomic E-state index is 13.5. The first-order valence-corrected chi connectivity index (χ1v) is 6.38. The van der Waals surface area contributed by atoms with Crippen LogP contribution in [0.4, 0.5) is 10.2 Å². The van der Waals surface area contributed by atoms with Crippen LogP contribution in [0.15, 0.2) is 24.3 Å². The number of nitrogens with one attached hydrogen (secondary N) is 1. The highest BCUT2D eigenvalue weighted by molar-refractivity contribution is 5.56. The van der Waals surface area contributed by atoms with Gasteiger partial charge in [0.15, 0.2) is 0 Å². The summed E-state index contributed by atoms with van der Waals surface area (Å²) in [6, 6.07) is 9.12. The summed E-state index contributed by atoms with van der Waals surface area (Å²) < 4.78 is 13.5. The number of hydrogen-bond acceptors (Lipinski definition) is 3. The Morgan fingerprint density at radius 2 is 1.95 bits per heavy atom. The number of nitrogens with zero attached hydrogens (tertiary/aromatic N) is 2. The van der Waals surface area contributed by atoms with Gasteiger partial charge < -0.3 is 5.32 Å². The SMILES string of the molecule is Cc1cc(C)c(C#N)c(NCc2ccc(C)c(F)c2)n1. The van der Waals surface area contributed by atoms with Crippen LogP contribution in [-0.2, 0) is 6.54 Å². The average molecular weight is 269 g/mol. The van der Waals surface area contributed by atoms with E-state index in [9.17, 15) is 9.65 Å². The van der Waals surface area contributed by atoms with Crippen molar-refractivity contribution in [2.75, 3.05) is 5.32 Å². The molecule has 20 heavy (non-hydrogen) atoms. The molecule has 0 aliphatic heterocycles. The molecule has 2 aromatic rings. The fraction of sp³-hybridized carbons (Fsp3) is 0.250. The lowest BCUT2D eigenvalue weighted by molar-refractivity contribution is 0.616. The summed E-state index contributed by atoms with van der Waals surface area (Å²) in [5, 5.41) is 12.3. The predicted molar refractivity (Wildman–Crippen MR) is 76.9 cm³/mol. The quantitative estimate of drug-likeness (QED) is 0.925. The molecule has 4 heteroatoms. The van der Waals surface area contributed by atoms with Crippen molar-refractivity contribution in [2.24, 2.45) is 0 Å². The number of hydrogen-bond donors (Lipinski definition) is 1. The van der Waals surface area contributed by atoms with Gasteiger partial charge >= 0.3 is 0 Å². The fourth-order valence-electron chi connectivity index (χ4n) is 2.04. The van der Waals surface area contributed by atoms with Crippen molar-refractivity contribution in [3.8, 4) is 6.07 Å². The molecule has 1 aromatic carbocycles. The Kier molecular flexibility index (Phi) is 3.99.